The number of hydrogen-bond acceptors (Lipinski definition) is 4. The summed E-state index contributed by atoms with van der Waals surface area (Å²) in [6.45, 7) is 5.75. The molecule has 2 aromatic heterocycles. The molecule has 0 aliphatic carbocycles. The first-order valence-electron chi connectivity index (χ1n) is 8.75. The maximum Gasteiger partial charge on any atom is 0.262 e. The lowest BCUT2D eigenvalue weighted by Crippen LogP contribution is -2.29. The van der Waals surface area contributed by atoms with Crippen molar-refractivity contribution in [3.63, 3.8) is 0 Å². The Balaban J connectivity index is 1.77. The van der Waals surface area contributed by atoms with Crippen LogP contribution in [0.3, 0.4) is 0 Å². The number of anilines is 1. The highest BCUT2D eigenvalue weighted by Crippen LogP contribution is 2.22. The molecule has 0 fully saturated rings. The van der Waals surface area contributed by atoms with Gasteiger partial charge in [-0.15, -0.1) is 5.10 Å². The second-order valence-electron chi connectivity index (χ2n) is 6.88. The summed E-state index contributed by atoms with van der Waals surface area (Å²) in [4.78, 5) is 25.7. The van der Waals surface area contributed by atoms with Gasteiger partial charge < -0.3 is 5.32 Å². The summed E-state index contributed by atoms with van der Waals surface area (Å²) in [5.41, 5.74) is 4.52. The molecule has 0 radical (unpaired) electrons. The quantitative estimate of drug-likeness (QED) is 0.577. The van der Waals surface area contributed by atoms with Crippen molar-refractivity contribution in [1.82, 2.24) is 19.4 Å². The molecule has 7 nitrogen and oxygen atoms in total. The minimum atomic E-state index is -0.298. The first-order valence-corrected chi connectivity index (χ1v) is 9.13. The van der Waals surface area contributed by atoms with Gasteiger partial charge in [0.15, 0.2) is 5.65 Å². The first kappa shape index (κ1) is 18.2. The Labute approximate surface area is 165 Å². The summed E-state index contributed by atoms with van der Waals surface area (Å²) in [5, 5.41) is 11.8. The summed E-state index contributed by atoms with van der Waals surface area (Å²) >= 11 is 6.06. The van der Waals surface area contributed by atoms with Crippen molar-refractivity contribution in [2.75, 3.05) is 5.32 Å². The van der Waals surface area contributed by atoms with Gasteiger partial charge in [0, 0.05) is 10.7 Å². The molecule has 0 aliphatic rings. The fraction of sp³-hybridized carbons (Fsp3) is 0.200. The molecular weight excluding hydrogens is 378 g/mol. The van der Waals surface area contributed by atoms with Crippen molar-refractivity contribution in [1.29, 1.82) is 0 Å². The van der Waals surface area contributed by atoms with Crippen LogP contribution in [0.2, 0.25) is 5.02 Å². The summed E-state index contributed by atoms with van der Waals surface area (Å²) in [6, 6.07) is 8.94. The predicted octanol–water partition coefficient (Wildman–Crippen LogP) is 3.26. The van der Waals surface area contributed by atoms with E-state index in [9.17, 15) is 9.59 Å². The molecule has 0 atom stereocenters. The van der Waals surface area contributed by atoms with E-state index >= 15 is 0 Å². The van der Waals surface area contributed by atoms with Gasteiger partial charge in [0.05, 0.1) is 17.1 Å². The molecule has 0 spiro atoms. The number of nitrogens with one attached hydrogen (secondary N) is 1. The Kier molecular flexibility index (Phi) is 4.39. The standard InChI is InChI=1S/C20H18ClN5O2/c1-11-6-12(2)19(13(3)7-11)23-17(27)10-25-18-9-22-24-26(18)16-8-14(21)4-5-15(16)20(25)28/h4-9H,10H2,1-3H3,(H,23,27). The van der Waals surface area contributed by atoms with Crippen LogP contribution < -0.4 is 10.9 Å². The van der Waals surface area contributed by atoms with E-state index in [-0.39, 0.29) is 18.0 Å². The number of fused-ring (bicyclic) bond motifs is 3. The molecule has 4 aromatic rings. The van der Waals surface area contributed by atoms with Crippen molar-refractivity contribution in [3.8, 4) is 0 Å². The number of carbonyl (C=O) groups excluding carboxylic acids is 1. The molecule has 0 aliphatic heterocycles. The minimum Gasteiger partial charge on any atom is -0.324 e. The van der Waals surface area contributed by atoms with Crippen LogP contribution in [0.25, 0.3) is 16.6 Å². The number of amides is 1. The molecule has 1 amide bonds. The third-order valence-electron chi connectivity index (χ3n) is 4.71. The highest BCUT2D eigenvalue weighted by atomic mass is 35.5. The lowest BCUT2D eigenvalue weighted by Gasteiger charge is -2.14. The summed E-state index contributed by atoms with van der Waals surface area (Å²) in [7, 11) is 0. The van der Waals surface area contributed by atoms with Crippen LogP contribution in [-0.4, -0.2) is 25.3 Å². The molecule has 2 heterocycles. The van der Waals surface area contributed by atoms with Gasteiger partial charge in [0.1, 0.15) is 6.54 Å². The van der Waals surface area contributed by atoms with Crippen LogP contribution in [0, 0.1) is 20.8 Å². The molecule has 0 bridgehead atoms. The molecule has 142 valence electrons. The number of hydrogen-bond donors (Lipinski definition) is 1. The minimum absolute atomic E-state index is 0.152. The molecule has 8 heteroatoms. The predicted molar refractivity (Wildman–Crippen MR) is 109 cm³/mol. The van der Waals surface area contributed by atoms with Gasteiger partial charge in [0.25, 0.3) is 5.56 Å². The maximum absolute atomic E-state index is 13.0. The topological polar surface area (TPSA) is 81.3 Å². The lowest BCUT2D eigenvalue weighted by molar-refractivity contribution is -0.116. The number of halogens is 1. The molecule has 0 saturated carbocycles. The van der Waals surface area contributed by atoms with E-state index in [1.165, 1.54) is 15.3 Å². The van der Waals surface area contributed by atoms with E-state index in [0.29, 0.717) is 21.6 Å². The smallest absolute Gasteiger partial charge is 0.262 e. The zero-order chi connectivity index (χ0) is 20.0. The van der Waals surface area contributed by atoms with Crippen molar-refractivity contribution in [3.05, 3.63) is 68.6 Å². The van der Waals surface area contributed by atoms with Gasteiger partial charge in [-0.2, -0.15) is 4.52 Å². The van der Waals surface area contributed by atoms with Gasteiger partial charge in [-0.1, -0.05) is 34.5 Å². The molecule has 1 N–H and O–H groups in total. The van der Waals surface area contributed by atoms with Gasteiger partial charge >= 0.3 is 0 Å². The van der Waals surface area contributed by atoms with Crippen LogP contribution in [-0.2, 0) is 11.3 Å². The number of benzene rings is 2. The molecule has 28 heavy (non-hydrogen) atoms. The average Bonchev–Trinajstić information content (AvgIpc) is 3.11. The average molecular weight is 396 g/mol. The zero-order valence-corrected chi connectivity index (χ0v) is 16.4. The summed E-state index contributed by atoms with van der Waals surface area (Å²) < 4.78 is 2.88. The van der Waals surface area contributed by atoms with Gasteiger partial charge in [-0.25, -0.2) is 0 Å². The Morgan fingerprint density at radius 1 is 1.14 bits per heavy atom. The second kappa shape index (κ2) is 6.76. The highest BCUT2D eigenvalue weighted by Gasteiger charge is 2.16. The number of carbonyl (C=O) groups is 1. The lowest BCUT2D eigenvalue weighted by atomic mass is 10.1. The molecule has 0 saturated heterocycles. The number of aromatic nitrogens is 4. The van der Waals surface area contributed by atoms with E-state index in [1.54, 1.807) is 18.2 Å². The van der Waals surface area contributed by atoms with E-state index in [0.717, 1.165) is 22.4 Å². The molecular formula is C20H18ClN5O2. The Morgan fingerprint density at radius 2 is 1.86 bits per heavy atom. The van der Waals surface area contributed by atoms with Crippen LogP contribution in [0.15, 0.2) is 41.3 Å². The normalized spacial score (nSPS) is 11.3. The Bertz CT molecular complexity index is 1280. The van der Waals surface area contributed by atoms with Gasteiger partial charge in [0.2, 0.25) is 5.91 Å². The number of rotatable bonds is 3. The SMILES string of the molecule is Cc1cc(C)c(NC(=O)Cn2c(=O)c3ccc(Cl)cc3n3nncc23)c(C)c1. The largest absolute Gasteiger partial charge is 0.324 e. The van der Waals surface area contributed by atoms with Crippen LogP contribution in [0.5, 0.6) is 0 Å². The van der Waals surface area contributed by atoms with Crippen molar-refractivity contribution < 1.29 is 4.79 Å². The summed E-state index contributed by atoms with van der Waals surface area (Å²) in [5.74, 6) is -0.298. The number of aryl methyl sites for hydroxylation is 3. The fourth-order valence-corrected chi connectivity index (χ4v) is 3.71. The Hall–Kier alpha value is -3.19. The van der Waals surface area contributed by atoms with Gasteiger partial charge in [-0.3, -0.25) is 14.2 Å². The summed E-state index contributed by atoms with van der Waals surface area (Å²) in [6.07, 6.45) is 1.46. The third kappa shape index (κ3) is 3.03. The van der Waals surface area contributed by atoms with E-state index in [2.05, 4.69) is 15.6 Å². The number of nitrogens with zero attached hydrogens (tertiary/aromatic N) is 4. The zero-order valence-electron chi connectivity index (χ0n) is 15.7. The van der Waals surface area contributed by atoms with Crippen LogP contribution in [0.1, 0.15) is 16.7 Å². The van der Waals surface area contributed by atoms with E-state index in [4.69, 9.17) is 11.6 Å². The fourth-order valence-electron chi connectivity index (χ4n) is 3.55. The van der Waals surface area contributed by atoms with Crippen molar-refractivity contribution in [2.45, 2.75) is 27.3 Å². The second-order valence-corrected chi connectivity index (χ2v) is 7.32. The van der Waals surface area contributed by atoms with Crippen molar-refractivity contribution >= 4 is 39.7 Å². The third-order valence-corrected chi connectivity index (χ3v) is 4.95. The Morgan fingerprint density at radius 3 is 2.57 bits per heavy atom. The van der Waals surface area contributed by atoms with Crippen LogP contribution >= 0.6 is 11.6 Å². The molecule has 4 rings (SSSR count). The van der Waals surface area contributed by atoms with Crippen LogP contribution in [0.4, 0.5) is 5.69 Å². The maximum atomic E-state index is 13.0. The molecule has 0 unspecified atom stereocenters. The van der Waals surface area contributed by atoms with E-state index < -0.39 is 0 Å². The highest BCUT2D eigenvalue weighted by molar-refractivity contribution is 6.31. The first-order chi connectivity index (χ1) is 13.3. The van der Waals surface area contributed by atoms with E-state index in [1.807, 2.05) is 32.9 Å². The monoisotopic (exact) mass is 395 g/mol. The van der Waals surface area contributed by atoms with Gasteiger partial charge in [-0.05, 0) is 50.1 Å². The molecule has 2 aromatic carbocycles. The van der Waals surface area contributed by atoms with Crippen molar-refractivity contribution in [2.24, 2.45) is 0 Å².